The highest BCUT2D eigenvalue weighted by atomic mass is 79.9. The molecule has 0 fully saturated rings. The zero-order valence-corrected chi connectivity index (χ0v) is 14.3. The lowest BCUT2D eigenvalue weighted by molar-refractivity contribution is -0.384. The maximum atomic E-state index is 12.0. The van der Waals surface area contributed by atoms with Crippen LogP contribution >= 0.6 is 27.5 Å². The van der Waals surface area contributed by atoms with Gasteiger partial charge in [-0.25, -0.2) is 5.43 Å². The number of hydrogen-bond acceptors (Lipinski definition) is 4. The Hall–Kier alpha value is -2.25. The second kappa shape index (κ2) is 7.34. The van der Waals surface area contributed by atoms with Gasteiger partial charge in [-0.15, -0.1) is 0 Å². The lowest BCUT2D eigenvalue weighted by Gasteiger charge is -2.04. The van der Waals surface area contributed by atoms with Crippen LogP contribution in [0.15, 0.2) is 52.0 Å². The number of nitro benzene ring substituents is 1. The standard InChI is InChI=1S/C15H11BrClN3O3/c1-9(10-2-5-12(16)6-3-10)18-19-15(21)11-4-7-13(17)14(8-11)20(22)23/h2-8H,1H3,(H,19,21)/b18-9-. The highest BCUT2D eigenvalue weighted by molar-refractivity contribution is 9.10. The van der Waals surface area contributed by atoms with Crippen LogP contribution in [-0.4, -0.2) is 16.5 Å². The Labute approximate surface area is 145 Å². The zero-order valence-electron chi connectivity index (χ0n) is 11.9. The van der Waals surface area contributed by atoms with Gasteiger partial charge in [-0.1, -0.05) is 39.7 Å². The fraction of sp³-hybridized carbons (Fsp3) is 0.0667. The van der Waals surface area contributed by atoms with Gasteiger partial charge >= 0.3 is 0 Å². The molecule has 1 amide bonds. The molecule has 2 rings (SSSR count). The lowest BCUT2D eigenvalue weighted by Crippen LogP contribution is -2.19. The molecule has 0 saturated carbocycles. The van der Waals surface area contributed by atoms with E-state index < -0.39 is 10.8 Å². The van der Waals surface area contributed by atoms with Crippen LogP contribution in [0.5, 0.6) is 0 Å². The third kappa shape index (κ3) is 4.37. The van der Waals surface area contributed by atoms with Crippen molar-refractivity contribution in [3.63, 3.8) is 0 Å². The summed E-state index contributed by atoms with van der Waals surface area (Å²) in [6.45, 7) is 1.74. The summed E-state index contributed by atoms with van der Waals surface area (Å²) in [5.41, 5.74) is 3.60. The summed E-state index contributed by atoms with van der Waals surface area (Å²) < 4.78 is 0.937. The molecule has 6 nitrogen and oxygen atoms in total. The molecule has 0 bridgehead atoms. The number of nitrogens with zero attached hydrogens (tertiary/aromatic N) is 2. The topological polar surface area (TPSA) is 84.6 Å². The van der Waals surface area contributed by atoms with Crippen molar-refractivity contribution in [2.75, 3.05) is 0 Å². The molecule has 8 heteroatoms. The number of benzene rings is 2. The first-order chi connectivity index (χ1) is 10.9. The van der Waals surface area contributed by atoms with Crippen LogP contribution in [-0.2, 0) is 0 Å². The quantitative estimate of drug-likeness (QED) is 0.478. The van der Waals surface area contributed by atoms with Crippen molar-refractivity contribution >= 4 is 44.8 Å². The molecule has 23 heavy (non-hydrogen) atoms. The predicted molar refractivity (Wildman–Crippen MR) is 91.9 cm³/mol. The molecular weight excluding hydrogens is 386 g/mol. The maximum Gasteiger partial charge on any atom is 0.288 e. The van der Waals surface area contributed by atoms with Crippen LogP contribution < -0.4 is 5.43 Å². The van der Waals surface area contributed by atoms with Gasteiger partial charge in [0.2, 0.25) is 0 Å². The smallest absolute Gasteiger partial charge is 0.267 e. The van der Waals surface area contributed by atoms with E-state index in [4.69, 9.17) is 11.6 Å². The first kappa shape index (κ1) is 17.1. The number of rotatable bonds is 4. The van der Waals surface area contributed by atoms with Crippen LogP contribution in [0, 0.1) is 10.1 Å². The second-order valence-electron chi connectivity index (χ2n) is 4.57. The van der Waals surface area contributed by atoms with E-state index in [9.17, 15) is 14.9 Å². The Kier molecular flexibility index (Phi) is 5.46. The zero-order chi connectivity index (χ0) is 17.0. The van der Waals surface area contributed by atoms with Gasteiger partial charge in [-0.3, -0.25) is 14.9 Å². The second-order valence-corrected chi connectivity index (χ2v) is 5.89. The van der Waals surface area contributed by atoms with Crippen molar-refractivity contribution in [3.8, 4) is 0 Å². The number of halogens is 2. The molecule has 2 aromatic rings. The summed E-state index contributed by atoms with van der Waals surface area (Å²) in [5, 5.41) is 14.8. The van der Waals surface area contributed by atoms with E-state index in [1.54, 1.807) is 6.92 Å². The molecule has 0 spiro atoms. The number of hydrazone groups is 1. The van der Waals surface area contributed by atoms with Crippen LogP contribution in [0.2, 0.25) is 5.02 Å². The largest absolute Gasteiger partial charge is 0.288 e. The molecule has 0 heterocycles. The summed E-state index contributed by atoms with van der Waals surface area (Å²) in [6.07, 6.45) is 0. The Balaban J connectivity index is 2.16. The van der Waals surface area contributed by atoms with E-state index in [-0.39, 0.29) is 16.3 Å². The highest BCUT2D eigenvalue weighted by Gasteiger charge is 2.16. The van der Waals surface area contributed by atoms with E-state index in [2.05, 4.69) is 26.5 Å². The average Bonchev–Trinajstić information content (AvgIpc) is 2.53. The van der Waals surface area contributed by atoms with Gasteiger partial charge in [0.1, 0.15) is 5.02 Å². The Morgan fingerprint density at radius 2 is 1.83 bits per heavy atom. The molecule has 2 aromatic carbocycles. The monoisotopic (exact) mass is 395 g/mol. The molecule has 0 unspecified atom stereocenters. The Bertz CT molecular complexity index is 791. The molecule has 1 N–H and O–H groups in total. The number of nitro groups is 1. The van der Waals surface area contributed by atoms with Crippen molar-refractivity contribution in [3.05, 3.63) is 73.2 Å². The predicted octanol–water partition coefficient (Wildman–Crippen LogP) is 4.16. The summed E-state index contributed by atoms with van der Waals surface area (Å²) >= 11 is 9.05. The molecular formula is C15H11BrClN3O3. The molecule has 0 atom stereocenters. The van der Waals surface area contributed by atoms with Gasteiger partial charge in [0.15, 0.2) is 0 Å². The number of nitrogens with one attached hydrogen (secondary N) is 1. The van der Waals surface area contributed by atoms with Gasteiger partial charge in [0, 0.05) is 16.1 Å². The van der Waals surface area contributed by atoms with Gasteiger partial charge < -0.3 is 0 Å². The molecule has 0 radical (unpaired) electrons. The van der Waals surface area contributed by atoms with Crippen molar-refractivity contribution in [1.29, 1.82) is 0 Å². The van der Waals surface area contributed by atoms with E-state index >= 15 is 0 Å². The molecule has 0 aliphatic rings. The number of carbonyl (C=O) groups excluding carboxylic acids is 1. The van der Waals surface area contributed by atoms with Crippen molar-refractivity contribution in [1.82, 2.24) is 5.43 Å². The minimum absolute atomic E-state index is 0.0268. The molecule has 0 aliphatic carbocycles. The van der Waals surface area contributed by atoms with Gasteiger partial charge in [-0.2, -0.15) is 5.10 Å². The summed E-state index contributed by atoms with van der Waals surface area (Å²) in [6, 6.07) is 11.2. The first-order valence-electron chi connectivity index (χ1n) is 6.43. The summed E-state index contributed by atoms with van der Waals surface area (Å²) in [5.74, 6) is -0.554. The third-order valence-corrected chi connectivity index (χ3v) is 3.84. The van der Waals surface area contributed by atoms with Crippen molar-refractivity contribution in [2.24, 2.45) is 5.10 Å². The average molecular weight is 397 g/mol. The SMILES string of the molecule is C/C(=N/NC(=O)c1ccc(Cl)c([N+](=O)[O-])c1)c1ccc(Br)cc1. The Morgan fingerprint density at radius 1 is 1.22 bits per heavy atom. The molecule has 0 aromatic heterocycles. The fourth-order valence-corrected chi connectivity index (χ4v) is 2.20. The van der Waals surface area contributed by atoms with Crippen LogP contribution in [0.4, 0.5) is 5.69 Å². The van der Waals surface area contributed by atoms with Gasteiger partial charge in [0.05, 0.1) is 10.6 Å². The van der Waals surface area contributed by atoms with E-state index in [1.165, 1.54) is 12.1 Å². The third-order valence-electron chi connectivity index (χ3n) is 2.99. The molecule has 0 aliphatic heterocycles. The van der Waals surface area contributed by atoms with Crippen LogP contribution in [0.3, 0.4) is 0 Å². The van der Waals surface area contributed by atoms with E-state index in [0.717, 1.165) is 16.1 Å². The molecule has 0 saturated heterocycles. The van der Waals surface area contributed by atoms with Crippen LogP contribution in [0.1, 0.15) is 22.8 Å². The minimum Gasteiger partial charge on any atom is -0.267 e. The summed E-state index contributed by atoms with van der Waals surface area (Å²) in [7, 11) is 0. The number of carbonyl (C=O) groups is 1. The van der Waals surface area contributed by atoms with Crippen molar-refractivity contribution in [2.45, 2.75) is 6.92 Å². The first-order valence-corrected chi connectivity index (χ1v) is 7.60. The minimum atomic E-state index is -0.643. The van der Waals surface area contributed by atoms with E-state index in [1.807, 2.05) is 24.3 Å². The lowest BCUT2D eigenvalue weighted by atomic mass is 10.1. The van der Waals surface area contributed by atoms with Gasteiger partial charge in [-0.05, 0) is 36.8 Å². The fourth-order valence-electron chi connectivity index (χ4n) is 1.75. The Morgan fingerprint density at radius 3 is 2.43 bits per heavy atom. The summed E-state index contributed by atoms with van der Waals surface area (Å²) in [4.78, 5) is 22.2. The number of amides is 1. The molecule has 118 valence electrons. The van der Waals surface area contributed by atoms with Crippen LogP contribution in [0.25, 0.3) is 0 Å². The number of hydrogen-bond donors (Lipinski definition) is 1. The maximum absolute atomic E-state index is 12.0. The van der Waals surface area contributed by atoms with Gasteiger partial charge in [0.25, 0.3) is 11.6 Å². The normalized spacial score (nSPS) is 11.2. The highest BCUT2D eigenvalue weighted by Crippen LogP contribution is 2.25. The van der Waals surface area contributed by atoms with E-state index in [0.29, 0.717) is 5.71 Å². The van der Waals surface area contributed by atoms with Crippen molar-refractivity contribution < 1.29 is 9.72 Å².